The number of imide groups is 1. The maximum atomic E-state index is 13.1. The van der Waals surface area contributed by atoms with Gasteiger partial charge in [-0.1, -0.05) is 18.2 Å². The number of fused-ring (bicyclic) bond motifs is 1. The fraction of sp³-hybridized carbons (Fsp3) is 0.348. The fourth-order valence-corrected chi connectivity index (χ4v) is 4.18. The van der Waals surface area contributed by atoms with Crippen molar-refractivity contribution in [1.82, 2.24) is 10.2 Å². The van der Waals surface area contributed by atoms with Crippen LogP contribution in [0.25, 0.3) is 0 Å². The summed E-state index contributed by atoms with van der Waals surface area (Å²) in [6, 6.07) is 10.2. The van der Waals surface area contributed by atoms with E-state index in [1.54, 1.807) is 25.1 Å². The fourth-order valence-electron chi connectivity index (χ4n) is 4.18. The molecule has 2 N–H and O–H groups in total. The molecule has 8 heteroatoms. The second-order valence-corrected chi connectivity index (χ2v) is 7.90. The van der Waals surface area contributed by atoms with Crippen LogP contribution in [-0.4, -0.2) is 43.5 Å². The molecule has 2 aromatic rings. The first-order valence-corrected chi connectivity index (χ1v) is 10.1. The number of nitrogens with one attached hydrogen (secondary N) is 2. The van der Waals surface area contributed by atoms with E-state index in [-0.39, 0.29) is 6.54 Å². The summed E-state index contributed by atoms with van der Waals surface area (Å²) >= 11 is 0. The maximum absolute atomic E-state index is 13.1. The van der Waals surface area contributed by atoms with Crippen LogP contribution in [0.4, 0.5) is 10.5 Å². The summed E-state index contributed by atoms with van der Waals surface area (Å²) < 4.78 is 10.4. The topological polar surface area (TPSA) is 97.0 Å². The van der Waals surface area contributed by atoms with E-state index >= 15 is 0 Å². The number of anilines is 1. The van der Waals surface area contributed by atoms with Crippen molar-refractivity contribution < 1.29 is 23.9 Å². The number of hydrogen-bond donors (Lipinski definition) is 2. The molecule has 0 bridgehead atoms. The minimum absolute atomic E-state index is 0.389. The number of urea groups is 1. The summed E-state index contributed by atoms with van der Waals surface area (Å²) in [6.45, 7) is 1.29. The van der Waals surface area contributed by atoms with Crippen molar-refractivity contribution in [3.05, 3.63) is 53.1 Å². The summed E-state index contributed by atoms with van der Waals surface area (Å²) in [5.74, 6) is 0.0472. The predicted molar refractivity (Wildman–Crippen MR) is 114 cm³/mol. The molecule has 1 heterocycles. The first-order chi connectivity index (χ1) is 14.9. The summed E-state index contributed by atoms with van der Waals surface area (Å²) in [7, 11) is 3.02. The molecule has 1 aliphatic carbocycles. The molecule has 0 aromatic heterocycles. The van der Waals surface area contributed by atoms with Crippen LogP contribution in [0.3, 0.4) is 0 Å². The Morgan fingerprint density at radius 1 is 1.06 bits per heavy atom. The summed E-state index contributed by atoms with van der Waals surface area (Å²) in [5, 5.41) is 5.45. The molecule has 4 rings (SSSR count). The first-order valence-electron chi connectivity index (χ1n) is 10.1. The number of methoxy groups -OCH3 is 2. The zero-order chi connectivity index (χ0) is 22.2. The highest BCUT2D eigenvalue weighted by atomic mass is 16.5. The minimum atomic E-state index is -1.20. The largest absolute Gasteiger partial charge is 0.493 e. The number of rotatable bonds is 6. The monoisotopic (exact) mass is 423 g/mol. The molecule has 162 valence electrons. The van der Waals surface area contributed by atoms with Crippen molar-refractivity contribution in [2.45, 2.75) is 31.7 Å². The third-order valence-corrected chi connectivity index (χ3v) is 5.92. The highest BCUT2D eigenvalue weighted by Crippen LogP contribution is 2.33. The van der Waals surface area contributed by atoms with Gasteiger partial charge in [-0.3, -0.25) is 14.5 Å². The minimum Gasteiger partial charge on any atom is -0.493 e. The molecule has 0 spiro atoms. The highest BCUT2D eigenvalue weighted by Gasteiger charge is 2.49. The van der Waals surface area contributed by atoms with Crippen molar-refractivity contribution >= 4 is 23.5 Å². The maximum Gasteiger partial charge on any atom is 0.325 e. The van der Waals surface area contributed by atoms with Gasteiger partial charge in [0.05, 0.1) is 14.2 Å². The average molecular weight is 423 g/mol. The van der Waals surface area contributed by atoms with E-state index in [1.165, 1.54) is 25.3 Å². The molecule has 8 nitrogen and oxygen atoms in total. The van der Waals surface area contributed by atoms with Gasteiger partial charge in [0.25, 0.3) is 5.91 Å². The van der Waals surface area contributed by atoms with Crippen LogP contribution in [0.15, 0.2) is 36.4 Å². The number of ether oxygens (including phenoxy) is 2. The molecular weight excluding hydrogens is 398 g/mol. The standard InChI is InChI=1S/C23H25N3O5/c1-23(16-8-7-14-5-4-6-15(14)11-16)21(28)26(22(29)25-23)13-20(27)24-17-9-10-18(30-2)19(12-17)31-3/h7-12H,4-6,13H2,1-3H3,(H,24,27)(H,25,29)/t23-/m1/s1. The highest BCUT2D eigenvalue weighted by molar-refractivity contribution is 6.10. The van der Waals surface area contributed by atoms with E-state index in [4.69, 9.17) is 9.47 Å². The zero-order valence-electron chi connectivity index (χ0n) is 17.8. The third-order valence-electron chi connectivity index (χ3n) is 5.92. The van der Waals surface area contributed by atoms with Gasteiger partial charge < -0.3 is 20.1 Å². The Balaban J connectivity index is 1.48. The van der Waals surface area contributed by atoms with Gasteiger partial charge in [0, 0.05) is 11.8 Å². The van der Waals surface area contributed by atoms with Crippen LogP contribution in [-0.2, 0) is 28.0 Å². The molecular formula is C23H25N3O5. The van der Waals surface area contributed by atoms with Gasteiger partial charge in [0.15, 0.2) is 11.5 Å². The molecule has 2 aliphatic rings. The van der Waals surface area contributed by atoms with Gasteiger partial charge in [-0.05, 0) is 55.0 Å². The van der Waals surface area contributed by atoms with Crippen LogP contribution in [0, 0.1) is 0 Å². The van der Waals surface area contributed by atoms with Crippen LogP contribution < -0.4 is 20.1 Å². The first kappa shape index (κ1) is 20.7. The van der Waals surface area contributed by atoms with Crippen molar-refractivity contribution in [2.24, 2.45) is 0 Å². The van der Waals surface area contributed by atoms with E-state index in [2.05, 4.69) is 10.6 Å². The second kappa shape index (κ2) is 7.94. The molecule has 2 aromatic carbocycles. The van der Waals surface area contributed by atoms with Crippen LogP contribution in [0.5, 0.6) is 11.5 Å². The molecule has 0 saturated carbocycles. The van der Waals surface area contributed by atoms with E-state index < -0.39 is 23.4 Å². The summed E-state index contributed by atoms with van der Waals surface area (Å²) in [4.78, 5) is 39.2. The number of amides is 4. The third kappa shape index (κ3) is 3.69. The zero-order valence-corrected chi connectivity index (χ0v) is 17.8. The average Bonchev–Trinajstić information content (AvgIpc) is 3.32. The Morgan fingerprint density at radius 3 is 2.55 bits per heavy atom. The van der Waals surface area contributed by atoms with Crippen molar-refractivity contribution in [2.75, 3.05) is 26.1 Å². The Hall–Kier alpha value is -3.55. The van der Waals surface area contributed by atoms with E-state index in [0.29, 0.717) is 17.2 Å². The second-order valence-electron chi connectivity index (χ2n) is 7.90. The van der Waals surface area contributed by atoms with E-state index in [1.807, 2.05) is 18.2 Å². The molecule has 0 unspecified atom stereocenters. The normalized spacial score (nSPS) is 19.8. The molecule has 31 heavy (non-hydrogen) atoms. The molecule has 0 radical (unpaired) electrons. The Labute approximate surface area is 180 Å². The lowest BCUT2D eigenvalue weighted by molar-refractivity contribution is -0.133. The number of hydrogen-bond acceptors (Lipinski definition) is 5. The Bertz CT molecular complexity index is 1070. The van der Waals surface area contributed by atoms with Gasteiger partial charge >= 0.3 is 6.03 Å². The molecule has 4 amide bonds. The number of carbonyl (C=O) groups excluding carboxylic acids is 3. The molecule has 1 fully saturated rings. The molecule has 1 atom stereocenters. The summed E-state index contributed by atoms with van der Waals surface area (Å²) in [6.07, 6.45) is 3.10. The van der Waals surface area contributed by atoms with Crippen LogP contribution in [0.2, 0.25) is 0 Å². The lowest BCUT2D eigenvalue weighted by Crippen LogP contribution is -2.42. The quantitative estimate of drug-likeness (QED) is 0.696. The van der Waals surface area contributed by atoms with Crippen LogP contribution >= 0.6 is 0 Å². The number of nitrogens with zero attached hydrogens (tertiary/aromatic N) is 1. The molecule has 1 aliphatic heterocycles. The van der Waals surface area contributed by atoms with Crippen molar-refractivity contribution in [3.63, 3.8) is 0 Å². The van der Waals surface area contributed by atoms with Gasteiger partial charge in [-0.25, -0.2) is 4.79 Å². The van der Waals surface area contributed by atoms with Crippen molar-refractivity contribution in [3.8, 4) is 11.5 Å². The SMILES string of the molecule is COc1ccc(NC(=O)CN2C(=O)N[C@](C)(c3ccc4c(c3)CCC4)C2=O)cc1OC. The Kier molecular flexibility index (Phi) is 5.31. The number of benzene rings is 2. The van der Waals surface area contributed by atoms with Crippen molar-refractivity contribution in [1.29, 1.82) is 0 Å². The van der Waals surface area contributed by atoms with Gasteiger partial charge in [0.2, 0.25) is 5.91 Å². The lowest BCUT2D eigenvalue weighted by Gasteiger charge is -2.23. The van der Waals surface area contributed by atoms with E-state index in [9.17, 15) is 14.4 Å². The van der Waals surface area contributed by atoms with Gasteiger partial charge in [-0.15, -0.1) is 0 Å². The predicted octanol–water partition coefficient (Wildman–Crippen LogP) is 2.60. The smallest absolute Gasteiger partial charge is 0.325 e. The van der Waals surface area contributed by atoms with Gasteiger partial charge in [0.1, 0.15) is 12.1 Å². The molecule has 1 saturated heterocycles. The summed E-state index contributed by atoms with van der Waals surface area (Å²) in [5.41, 5.74) is 2.50. The van der Waals surface area contributed by atoms with Gasteiger partial charge in [-0.2, -0.15) is 0 Å². The lowest BCUT2D eigenvalue weighted by atomic mass is 9.89. The Morgan fingerprint density at radius 2 is 1.81 bits per heavy atom. The number of carbonyl (C=O) groups is 3. The van der Waals surface area contributed by atoms with E-state index in [0.717, 1.165) is 29.7 Å². The van der Waals surface area contributed by atoms with Crippen LogP contribution in [0.1, 0.15) is 30.0 Å². The number of aryl methyl sites for hydroxylation is 2.